The third-order valence-corrected chi connectivity index (χ3v) is 4.45. The zero-order valence-electron chi connectivity index (χ0n) is 14.2. The van der Waals surface area contributed by atoms with Gasteiger partial charge in [0.15, 0.2) is 5.82 Å². The molecular formula is C16H28N4O2. The molecule has 1 saturated heterocycles. The maximum Gasteiger partial charge on any atom is 0.246 e. The van der Waals surface area contributed by atoms with Crippen molar-refractivity contribution < 1.29 is 9.32 Å². The minimum absolute atomic E-state index is 0.128. The van der Waals surface area contributed by atoms with Gasteiger partial charge in [0, 0.05) is 24.9 Å². The number of amides is 1. The van der Waals surface area contributed by atoms with Gasteiger partial charge in [0.1, 0.15) is 0 Å². The van der Waals surface area contributed by atoms with Crippen molar-refractivity contribution in [1.29, 1.82) is 0 Å². The van der Waals surface area contributed by atoms with Crippen LogP contribution in [0.4, 0.5) is 0 Å². The van der Waals surface area contributed by atoms with Crippen molar-refractivity contribution >= 4 is 5.91 Å². The fourth-order valence-electron chi connectivity index (χ4n) is 2.93. The van der Waals surface area contributed by atoms with E-state index < -0.39 is 0 Å². The Bertz CT molecular complexity index is 478. The number of aromatic nitrogens is 2. The predicted molar refractivity (Wildman–Crippen MR) is 84.2 cm³/mol. The fourth-order valence-corrected chi connectivity index (χ4v) is 2.93. The standard InChI is InChI=1S/C16H28N4O2/c1-5-14-17-15(22-18-14)11-19(6-2)16(21)13-7-9-20(10-8-13)12(3)4/h12-13H,5-11H2,1-4H3. The van der Waals surface area contributed by atoms with Gasteiger partial charge in [0.05, 0.1) is 6.54 Å². The molecule has 6 heteroatoms. The predicted octanol–water partition coefficient (Wildman–Crippen LogP) is 2.10. The monoisotopic (exact) mass is 308 g/mol. The second kappa shape index (κ2) is 7.72. The SMILES string of the molecule is CCc1noc(CN(CC)C(=O)C2CCN(C(C)C)CC2)n1. The summed E-state index contributed by atoms with van der Waals surface area (Å²) >= 11 is 0. The largest absolute Gasteiger partial charge is 0.337 e. The van der Waals surface area contributed by atoms with Crippen LogP contribution >= 0.6 is 0 Å². The Kier molecular flexibility index (Phi) is 5.94. The van der Waals surface area contributed by atoms with Crippen LogP contribution in [0.25, 0.3) is 0 Å². The Morgan fingerprint density at radius 3 is 2.55 bits per heavy atom. The van der Waals surface area contributed by atoms with Crippen molar-refractivity contribution in [3.05, 3.63) is 11.7 Å². The van der Waals surface area contributed by atoms with Crippen molar-refractivity contribution in [2.75, 3.05) is 19.6 Å². The molecule has 0 bridgehead atoms. The first-order chi connectivity index (χ1) is 10.5. The molecule has 0 unspecified atom stereocenters. The minimum Gasteiger partial charge on any atom is -0.337 e. The van der Waals surface area contributed by atoms with Gasteiger partial charge >= 0.3 is 0 Å². The lowest BCUT2D eigenvalue weighted by Gasteiger charge is -2.35. The molecule has 1 fully saturated rings. The number of piperidine rings is 1. The van der Waals surface area contributed by atoms with Crippen LogP contribution in [0.15, 0.2) is 4.52 Å². The number of hydrogen-bond acceptors (Lipinski definition) is 5. The van der Waals surface area contributed by atoms with Crippen molar-refractivity contribution in [2.45, 2.75) is 59.5 Å². The molecule has 1 aromatic heterocycles. The topological polar surface area (TPSA) is 62.5 Å². The average molecular weight is 308 g/mol. The van der Waals surface area contributed by atoms with Gasteiger partial charge in [0.2, 0.25) is 11.8 Å². The van der Waals surface area contributed by atoms with Gasteiger partial charge in [-0.25, -0.2) is 0 Å². The first-order valence-electron chi connectivity index (χ1n) is 8.39. The van der Waals surface area contributed by atoms with Crippen molar-refractivity contribution in [2.24, 2.45) is 5.92 Å². The number of carbonyl (C=O) groups excluding carboxylic acids is 1. The Morgan fingerprint density at radius 1 is 1.36 bits per heavy atom. The lowest BCUT2D eigenvalue weighted by molar-refractivity contribution is -0.138. The smallest absolute Gasteiger partial charge is 0.246 e. The van der Waals surface area contributed by atoms with E-state index >= 15 is 0 Å². The van der Waals surface area contributed by atoms with E-state index in [-0.39, 0.29) is 11.8 Å². The van der Waals surface area contributed by atoms with E-state index in [0.717, 1.165) is 32.4 Å². The highest BCUT2D eigenvalue weighted by Crippen LogP contribution is 2.21. The molecule has 2 heterocycles. The molecule has 22 heavy (non-hydrogen) atoms. The highest BCUT2D eigenvalue weighted by Gasteiger charge is 2.29. The van der Waals surface area contributed by atoms with Crippen molar-refractivity contribution in [1.82, 2.24) is 19.9 Å². The lowest BCUT2D eigenvalue weighted by Crippen LogP contribution is -2.44. The summed E-state index contributed by atoms with van der Waals surface area (Å²) in [6.45, 7) is 11.5. The molecule has 2 rings (SSSR count). The summed E-state index contributed by atoms with van der Waals surface area (Å²) in [7, 11) is 0. The highest BCUT2D eigenvalue weighted by molar-refractivity contribution is 5.78. The van der Waals surface area contributed by atoms with Crippen molar-refractivity contribution in [3.63, 3.8) is 0 Å². The molecule has 0 aliphatic carbocycles. The zero-order valence-corrected chi connectivity index (χ0v) is 14.2. The molecule has 0 aromatic carbocycles. The number of nitrogens with zero attached hydrogens (tertiary/aromatic N) is 4. The highest BCUT2D eigenvalue weighted by atomic mass is 16.5. The Morgan fingerprint density at radius 2 is 2.05 bits per heavy atom. The van der Waals surface area contributed by atoms with Gasteiger partial charge in [-0.2, -0.15) is 4.98 Å². The summed E-state index contributed by atoms with van der Waals surface area (Å²) in [6, 6.07) is 0.559. The molecule has 0 spiro atoms. The van der Waals surface area contributed by atoms with E-state index in [1.165, 1.54) is 0 Å². The lowest BCUT2D eigenvalue weighted by atomic mass is 9.94. The van der Waals surface area contributed by atoms with Crippen LogP contribution in [0.5, 0.6) is 0 Å². The van der Waals surface area contributed by atoms with Gasteiger partial charge in [-0.3, -0.25) is 4.79 Å². The van der Waals surface area contributed by atoms with E-state index in [0.29, 0.717) is 30.8 Å². The molecule has 1 aliphatic rings. The number of hydrogen-bond donors (Lipinski definition) is 0. The summed E-state index contributed by atoms with van der Waals surface area (Å²) in [5.41, 5.74) is 0. The van der Waals surface area contributed by atoms with E-state index in [2.05, 4.69) is 28.9 Å². The first kappa shape index (κ1) is 16.9. The van der Waals surface area contributed by atoms with E-state index in [1.54, 1.807) is 0 Å². The Balaban J connectivity index is 1.91. The van der Waals surface area contributed by atoms with Crippen LogP contribution in [0.1, 0.15) is 52.3 Å². The van der Waals surface area contributed by atoms with Crippen LogP contribution in [0.3, 0.4) is 0 Å². The van der Waals surface area contributed by atoms with E-state index in [4.69, 9.17) is 4.52 Å². The van der Waals surface area contributed by atoms with Gasteiger partial charge in [-0.05, 0) is 46.7 Å². The molecule has 1 aromatic rings. The number of likely N-dealkylation sites (tertiary alicyclic amines) is 1. The maximum atomic E-state index is 12.7. The quantitative estimate of drug-likeness (QED) is 0.805. The van der Waals surface area contributed by atoms with Crippen LogP contribution < -0.4 is 0 Å². The molecule has 1 aliphatic heterocycles. The molecule has 6 nitrogen and oxygen atoms in total. The number of aryl methyl sites for hydroxylation is 1. The summed E-state index contributed by atoms with van der Waals surface area (Å²) in [5.74, 6) is 1.58. The summed E-state index contributed by atoms with van der Waals surface area (Å²) in [6.07, 6.45) is 2.63. The molecule has 124 valence electrons. The van der Waals surface area contributed by atoms with Gasteiger partial charge < -0.3 is 14.3 Å². The fraction of sp³-hybridized carbons (Fsp3) is 0.812. The molecule has 0 radical (unpaired) electrons. The van der Waals surface area contributed by atoms with Crippen LogP contribution in [0, 0.1) is 5.92 Å². The second-order valence-electron chi connectivity index (χ2n) is 6.21. The van der Waals surface area contributed by atoms with Gasteiger partial charge in [0.25, 0.3) is 0 Å². The van der Waals surface area contributed by atoms with Gasteiger partial charge in [-0.1, -0.05) is 12.1 Å². The molecule has 0 atom stereocenters. The van der Waals surface area contributed by atoms with E-state index in [1.807, 2.05) is 18.7 Å². The van der Waals surface area contributed by atoms with Crippen LogP contribution in [-0.4, -0.2) is 51.5 Å². The van der Waals surface area contributed by atoms with E-state index in [9.17, 15) is 4.79 Å². The molecule has 1 amide bonds. The third-order valence-electron chi connectivity index (χ3n) is 4.45. The second-order valence-corrected chi connectivity index (χ2v) is 6.21. The maximum absolute atomic E-state index is 12.7. The van der Waals surface area contributed by atoms with Gasteiger partial charge in [-0.15, -0.1) is 0 Å². The molecule has 0 N–H and O–H groups in total. The summed E-state index contributed by atoms with van der Waals surface area (Å²) in [5, 5.41) is 3.89. The van der Waals surface area contributed by atoms with Crippen LogP contribution in [-0.2, 0) is 17.8 Å². The minimum atomic E-state index is 0.128. The first-order valence-corrected chi connectivity index (χ1v) is 8.39. The number of carbonyl (C=O) groups is 1. The Labute approximate surface area is 132 Å². The third kappa shape index (κ3) is 4.06. The molecular weight excluding hydrogens is 280 g/mol. The van der Waals surface area contributed by atoms with Crippen molar-refractivity contribution in [3.8, 4) is 0 Å². The number of rotatable bonds is 6. The summed E-state index contributed by atoms with van der Waals surface area (Å²) < 4.78 is 5.21. The van der Waals surface area contributed by atoms with Crippen LogP contribution in [0.2, 0.25) is 0 Å². The Hall–Kier alpha value is -1.43. The molecule has 0 saturated carbocycles. The zero-order chi connectivity index (χ0) is 16.1. The average Bonchev–Trinajstić information content (AvgIpc) is 2.99. The summed E-state index contributed by atoms with van der Waals surface area (Å²) in [4.78, 5) is 21.3. The normalized spacial score (nSPS) is 17.1.